The Bertz CT molecular complexity index is 479. The molecule has 18 heavy (non-hydrogen) atoms. The van der Waals surface area contributed by atoms with Crippen molar-refractivity contribution in [3.8, 4) is 0 Å². The smallest absolute Gasteiger partial charge is 0.173 e. The molecule has 2 N–H and O–H groups in total. The van der Waals surface area contributed by atoms with Crippen LogP contribution in [0.1, 0.15) is 41.6 Å². The number of ketones is 1. The number of benzene rings is 1. The zero-order valence-electron chi connectivity index (χ0n) is 10.4. The highest BCUT2D eigenvalue weighted by molar-refractivity contribution is 6.01. The number of hydrogen-bond acceptors (Lipinski definition) is 2. The van der Waals surface area contributed by atoms with Crippen LogP contribution in [0, 0.1) is 24.0 Å². The Hall–Kier alpha value is -1.29. The first kappa shape index (κ1) is 13.1. The summed E-state index contributed by atoms with van der Waals surface area (Å²) in [5.74, 6) is -2.33. The molecule has 0 atom stereocenters. The molecule has 4 heteroatoms. The van der Waals surface area contributed by atoms with E-state index in [0.29, 0.717) is 12.8 Å². The van der Waals surface area contributed by atoms with E-state index in [2.05, 4.69) is 0 Å². The van der Waals surface area contributed by atoms with Gasteiger partial charge < -0.3 is 5.73 Å². The van der Waals surface area contributed by atoms with Crippen LogP contribution < -0.4 is 5.73 Å². The van der Waals surface area contributed by atoms with Crippen molar-refractivity contribution in [2.24, 2.45) is 11.1 Å². The third-order valence-corrected chi connectivity index (χ3v) is 3.95. The summed E-state index contributed by atoms with van der Waals surface area (Å²) < 4.78 is 27.3. The molecule has 0 heterocycles. The quantitative estimate of drug-likeness (QED) is 0.841. The lowest BCUT2D eigenvalue weighted by Gasteiger charge is -2.25. The van der Waals surface area contributed by atoms with Crippen LogP contribution in [0.4, 0.5) is 8.78 Å². The number of carbonyl (C=O) groups excluding carboxylic acids is 1. The van der Waals surface area contributed by atoms with E-state index in [4.69, 9.17) is 5.73 Å². The molecule has 98 valence electrons. The third-order valence-electron chi connectivity index (χ3n) is 3.95. The van der Waals surface area contributed by atoms with Crippen molar-refractivity contribution in [2.45, 2.75) is 32.6 Å². The molecule has 2 rings (SSSR count). The lowest BCUT2D eigenvalue weighted by atomic mass is 9.78. The summed E-state index contributed by atoms with van der Waals surface area (Å²) in [7, 11) is 0. The van der Waals surface area contributed by atoms with Crippen molar-refractivity contribution in [1.82, 2.24) is 0 Å². The Labute approximate surface area is 105 Å². The summed E-state index contributed by atoms with van der Waals surface area (Å²) in [6.07, 6.45) is 3.16. The van der Waals surface area contributed by atoms with Gasteiger partial charge in [0.2, 0.25) is 0 Å². The van der Waals surface area contributed by atoms with Gasteiger partial charge in [0, 0.05) is 12.0 Å². The Morgan fingerprint density at radius 3 is 2.44 bits per heavy atom. The predicted octanol–water partition coefficient (Wildman–Crippen LogP) is 2.98. The average Bonchev–Trinajstić information content (AvgIpc) is 2.85. The maximum atomic E-state index is 13.8. The average molecular weight is 253 g/mol. The SMILES string of the molecule is Cc1ccc(C(=O)C2(CN)CCCC2)c(F)c1F. The third kappa shape index (κ3) is 1.94. The van der Waals surface area contributed by atoms with Gasteiger partial charge in [0.15, 0.2) is 17.4 Å². The van der Waals surface area contributed by atoms with Gasteiger partial charge in [0.25, 0.3) is 0 Å². The molecule has 1 aromatic rings. The van der Waals surface area contributed by atoms with Crippen molar-refractivity contribution >= 4 is 5.78 Å². The minimum atomic E-state index is -1.04. The molecular formula is C14H17F2NO. The van der Waals surface area contributed by atoms with E-state index < -0.39 is 17.0 Å². The zero-order valence-corrected chi connectivity index (χ0v) is 10.4. The summed E-state index contributed by atoms with van der Waals surface area (Å²) in [6.45, 7) is 1.67. The molecule has 1 aliphatic carbocycles. The highest BCUT2D eigenvalue weighted by atomic mass is 19.2. The number of hydrogen-bond donors (Lipinski definition) is 1. The molecule has 0 radical (unpaired) electrons. The number of rotatable bonds is 3. The summed E-state index contributed by atoms with van der Waals surface area (Å²) in [4.78, 5) is 12.4. The van der Waals surface area contributed by atoms with Gasteiger partial charge in [-0.05, 0) is 31.4 Å². The maximum absolute atomic E-state index is 13.8. The monoisotopic (exact) mass is 253 g/mol. The Morgan fingerprint density at radius 1 is 1.28 bits per heavy atom. The molecule has 0 unspecified atom stereocenters. The van der Waals surface area contributed by atoms with E-state index in [9.17, 15) is 13.6 Å². The molecule has 0 amide bonds. The Morgan fingerprint density at radius 2 is 1.89 bits per heavy atom. The molecule has 0 aliphatic heterocycles. The molecular weight excluding hydrogens is 236 g/mol. The highest BCUT2D eigenvalue weighted by Crippen LogP contribution is 2.40. The van der Waals surface area contributed by atoms with Gasteiger partial charge >= 0.3 is 0 Å². The minimum absolute atomic E-state index is 0.162. The number of aryl methyl sites for hydroxylation is 1. The van der Waals surface area contributed by atoms with Crippen LogP contribution in [-0.4, -0.2) is 12.3 Å². The number of carbonyl (C=O) groups is 1. The van der Waals surface area contributed by atoms with Gasteiger partial charge in [-0.15, -0.1) is 0 Å². The highest BCUT2D eigenvalue weighted by Gasteiger charge is 2.41. The summed E-state index contributed by atoms with van der Waals surface area (Å²) in [6, 6.07) is 2.80. The fourth-order valence-electron chi connectivity index (χ4n) is 2.68. The molecule has 0 aromatic heterocycles. The second kappa shape index (κ2) is 4.76. The van der Waals surface area contributed by atoms with Crippen LogP contribution in [0.5, 0.6) is 0 Å². The van der Waals surface area contributed by atoms with E-state index >= 15 is 0 Å². The normalized spacial score (nSPS) is 18.0. The van der Waals surface area contributed by atoms with E-state index in [-0.39, 0.29) is 23.5 Å². The molecule has 1 saturated carbocycles. The molecule has 0 bridgehead atoms. The number of Topliss-reactive ketones (excluding diaryl/α,β-unsaturated/α-hetero) is 1. The van der Waals surface area contributed by atoms with Crippen LogP contribution in [0.25, 0.3) is 0 Å². The lowest BCUT2D eigenvalue weighted by Crippen LogP contribution is -2.36. The molecule has 1 fully saturated rings. The second-order valence-electron chi connectivity index (χ2n) is 5.08. The first-order valence-electron chi connectivity index (χ1n) is 6.21. The molecule has 0 spiro atoms. The van der Waals surface area contributed by atoms with Gasteiger partial charge in [-0.2, -0.15) is 0 Å². The van der Waals surface area contributed by atoms with E-state index in [1.54, 1.807) is 0 Å². The van der Waals surface area contributed by atoms with Crippen LogP contribution in [0.3, 0.4) is 0 Å². The standard InChI is InChI=1S/C14H17F2NO/c1-9-4-5-10(12(16)11(9)15)13(18)14(8-17)6-2-3-7-14/h4-5H,2-3,6-8,17H2,1H3. The van der Waals surface area contributed by atoms with E-state index in [1.807, 2.05) is 0 Å². The van der Waals surface area contributed by atoms with Gasteiger partial charge in [0.1, 0.15) is 0 Å². The van der Waals surface area contributed by atoms with Crippen molar-refractivity contribution < 1.29 is 13.6 Å². The number of nitrogens with two attached hydrogens (primary N) is 1. The number of halogens is 2. The van der Waals surface area contributed by atoms with Crippen LogP contribution >= 0.6 is 0 Å². The van der Waals surface area contributed by atoms with Crippen LogP contribution in [0.15, 0.2) is 12.1 Å². The van der Waals surface area contributed by atoms with E-state index in [0.717, 1.165) is 12.8 Å². The largest absolute Gasteiger partial charge is 0.329 e. The van der Waals surface area contributed by atoms with Crippen molar-refractivity contribution in [1.29, 1.82) is 0 Å². The minimum Gasteiger partial charge on any atom is -0.329 e. The topological polar surface area (TPSA) is 43.1 Å². The van der Waals surface area contributed by atoms with Crippen LogP contribution in [-0.2, 0) is 0 Å². The van der Waals surface area contributed by atoms with Crippen molar-refractivity contribution in [2.75, 3.05) is 6.54 Å². The first-order valence-corrected chi connectivity index (χ1v) is 6.21. The summed E-state index contributed by atoms with van der Waals surface area (Å²) in [5.41, 5.74) is 5.04. The summed E-state index contributed by atoms with van der Waals surface area (Å²) >= 11 is 0. The molecule has 2 nitrogen and oxygen atoms in total. The van der Waals surface area contributed by atoms with Gasteiger partial charge in [-0.25, -0.2) is 8.78 Å². The predicted molar refractivity (Wildman–Crippen MR) is 65.4 cm³/mol. The lowest BCUT2D eigenvalue weighted by molar-refractivity contribution is 0.0804. The Kier molecular flexibility index (Phi) is 3.48. The Balaban J connectivity index is 2.43. The van der Waals surface area contributed by atoms with Crippen molar-refractivity contribution in [3.63, 3.8) is 0 Å². The maximum Gasteiger partial charge on any atom is 0.173 e. The second-order valence-corrected chi connectivity index (χ2v) is 5.08. The molecule has 1 aromatic carbocycles. The summed E-state index contributed by atoms with van der Waals surface area (Å²) in [5, 5.41) is 0. The fraction of sp³-hybridized carbons (Fsp3) is 0.500. The fourth-order valence-corrected chi connectivity index (χ4v) is 2.68. The van der Waals surface area contributed by atoms with Gasteiger partial charge in [0.05, 0.1) is 5.56 Å². The van der Waals surface area contributed by atoms with Crippen molar-refractivity contribution in [3.05, 3.63) is 34.9 Å². The first-order chi connectivity index (χ1) is 8.52. The van der Waals surface area contributed by atoms with E-state index in [1.165, 1.54) is 19.1 Å². The van der Waals surface area contributed by atoms with Gasteiger partial charge in [-0.3, -0.25) is 4.79 Å². The molecule has 1 aliphatic rings. The van der Waals surface area contributed by atoms with Crippen LogP contribution in [0.2, 0.25) is 0 Å². The van der Waals surface area contributed by atoms with Gasteiger partial charge in [-0.1, -0.05) is 18.9 Å². The zero-order chi connectivity index (χ0) is 13.3. The molecule has 0 saturated heterocycles.